The van der Waals surface area contributed by atoms with Gasteiger partial charge in [0.25, 0.3) is 0 Å². The molecule has 0 saturated carbocycles. The molecule has 1 saturated heterocycles. The Morgan fingerprint density at radius 2 is 1.86 bits per heavy atom. The molecule has 1 heterocycles. The number of anilines is 2. The topological polar surface area (TPSA) is 79.5 Å². The first-order valence-corrected chi connectivity index (χ1v) is 7.18. The molecule has 1 aliphatic rings. The molecule has 6 heteroatoms. The Kier molecular flexibility index (Phi) is 5.16. The molecule has 1 aliphatic heterocycles. The molecule has 1 aromatic rings. The summed E-state index contributed by atoms with van der Waals surface area (Å²) in [5.74, 6) is 0.320. The first-order valence-electron chi connectivity index (χ1n) is 7.18. The lowest BCUT2D eigenvalue weighted by molar-refractivity contribution is -0.118. The zero-order chi connectivity index (χ0) is 15.2. The summed E-state index contributed by atoms with van der Waals surface area (Å²) in [5, 5.41) is 8.67. The van der Waals surface area contributed by atoms with E-state index in [0.29, 0.717) is 23.9 Å². The third-order valence-corrected chi connectivity index (χ3v) is 3.49. The highest BCUT2D eigenvalue weighted by atomic mass is 16.5. The summed E-state index contributed by atoms with van der Waals surface area (Å²) < 4.78 is 4.79. The van der Waals surface area contributed by atoms with Gasteiger partial charge in [-0.1, -0.05) is 6.92 Å². The quantitative estimate of drug-likeness (QED) is 0.794. The van der Waals surface area contributed by atoms with Crippen LogP contribution in [0.5, 0.6) is 0 Å². The van der Waals surface area contributed by atoms with Crippen molar-refractivity contribution in [3.8, 4) is 0 Å². The normalized spacial score (nSPS) is 20.9. The van der Waals surface area contributed by atoms with Crippen LogP contribution in [0.1, 0.15) is 20.3 Å². The number of hydrogen-bond donors (Lipinski definition) is 3. The smallest absolute Gasteiger partial charge is 0.411 e. The van der Waals surface area contributed by atoms with E-state index in [-0.39, 0.29) is 11.9 Å². The molecule has 3 N–H and O–H groups in total. The van der Waals surface area contributed by atoms with Gasteiger partial charge in [-0.25, -0.2) is 4.79 Å². The van der Waals surface area contributed by atoms with E-state index in [2.05, 4.69) is 22.9 Å². The summed E-state index contributed by atoms with van der Waals surface area (Å²) in [6.07, 6.45) is 0.527. The predicted octanol–water partition coefficient (Wildman–Crippen LogP) is 2.19. The van der Waals surface area contributed by atoms with Gasteiger partial charge in [-0.15, -0.1) is 0 Å². The van der Waals surface area contributed by atoms with Crippen molar-refractivity contribution < 1.29 is 14.3 Å². The number of ether oxygens (including phenoxy) is 1. The van der Waals surface area contributed by atoms with Gasteiger partial charge in [0, 0.05) is 11.4 Å². The molecular weight excluding hydrogens is 270 g/mol. The Bertz CT molecular complexity index is 501. The fraction of sp³-hybridized carbons (Fsp3) is 0.467. The Labute approximate surface area is 124 Å². The molecule has 6 nitrogen and oxygen atoms in total. The molecule has 1 fully saturated rings. The van der Waals surface area contributed by atoms with Crippen molar-refractivity contribution in [1.82, 2.24) is 5.32 Å². The molecule has 0 radical (unpaired) electrons. The maximum atomic E-state index is 12.1. The van der Waals surface area contributed by atoms with E-state index in [1.165, 1.54) is 0 Å². The lowest BCUT2D eigenvalue weighted by atomic mass is 10.0. The minimum atomic E-state index is -0.488. The minimum Gasteiger partial charge on any atom is -0.450 e. The number of amides is 2. The minimum absolute atomic E-state index is 0.0221. The zero-order valence-corrected chi connectivity index (χ0v) is 12.3. The summed E-state index contributed by atoms with van der Waals surface area (Å²) in [4.78, 5) is 23.4. The number of carbonyl (C=O) groups excluding carboxylic acids is 2. The maximum Gasteiger partial charge on any atom is 0.411 e. The number of nitrogens with one attached hydrogen (secondary N) is 3. The summed E-state index contributed by atoms with van der Waals surface area (Å²) in [7, 11) is 0. The second-order valence-electron chi connectivity index (χ2n) is 5.11. The average molecular weight is 291 g/mol. The fourth-order valence-corrected chi connectivity index (χ4v) is 2.33. The first-order chi connectivity index (χ1) is 10.1. The molecule has 0 aromatic heterocycles. The van der Waals surface area contributed by atoms with Crippen LogP contribution in [0.4, 0.5) is 16.2 Å². The SMILES string of the molecule is CCOC(=O)Nc1ccc(NC(=O)C2NCCC2C)cc1. The van der Waals surface area contributed by atoms with Crippen molar-refractivity contribution in [1.29, 1.82) is 0 Å². The third-order valence-electron chi connectivity index (χ3n) is 3.49. The van der Waals surface area contributed by atoms with E-state index in [0.717, 1.165) is 13.0 Å². The Morgan fingerprint density at radius 1 is 1.24 bits per heavy atom. The van der Waals surface area contributed by atoms with Crippen molar-refractivity contribution in [2.45, 2.75) is 26.3 Å². The Morgan fingerprint density at radius 3 is 2.38 bits per heavy atom. The van der Waals surface area contributed by atoms with Crippen molar-refractivity contribution >= 4 is 23.4 Å². The van der Waals surface area contributed by atoms with Crippen molar-refractivity contribution in [3.63, 3.8) is 0 Å². The number of benzene rings is 1. The molecule has 2 atom stereocenters. The molecule has 21 heavy (non-hydrogen) atoms. The van der Waals surface area contributed by atoms with Gasteiger partial charge in [-0.2, -0.15) is 0 Å². The summed E-state index contributed by atoms with van der Waals surface area (Å²) in [5.41, 5.74) is 1.33. The lowest BCUT2D eigenvalue weighted by Crippen LogP contribution is -2.39. The van der Waals surface area contributed by atoms with Gasteiger partial charge in [-0.05, 0) is 50.1 Å². The summed E-state index contributed by atoms with van der Waals surface area (Å²) in [6, 6.07) is 6.80. The van der Waals surface area contributed by atoms with E-state index in [4.69, 9.17) is 4.74 Å². The molecule has 0 spiro atoms. The van der Waals surface area contributed by atoms with Crippen LogP contribution in [0.15, 0.2) is 24.3 Å². The average Bonchev–Trinajstić information content (AvgIpc) is 2.87. The van der Waals surface area contributed by atoms with Gasteiger partial charge >= 0.3 is 6.09 Å². The molecule has 2 rings (SSSR count). The highest BCUT2D eigenvalue weighted by Crippen LogP contribution is 2.18. The van der Waals surface area contributed by atoms with Gasteiger partial charge in [-0.3, -0.25) is 10.1 Å². The lowest BCUT2D eigenvalue weighted by Gasteiger charge is -2.15. The molecule has 2 unspecified atom stereocenters. The van der Waals surface area contributed by atoms with Gasteiger partial charge in [0.1, 0.15) is 0 Å². The third kappa shape index (κ3) is 4.19. The van der Waals surface area contributed by atoms with Crippen molar-refractivity contribution in [2.75, 3.05) is 23.8 Å². The molecule has 114 valence electrons. The van der Waals surface area contributed by atoms with Crippen LogP contribution >= 0.6 is 0 Å². The standard InChI is InChI=1S/C15H21N3O3/c1-3-21-15(20)18-12-6-4-11(5-7-12)17-14(19)13-10(2)8-9-16-13/h4-7,10,13,16H,3,8-9H2,1-2H3,(H,17,19)(H,18,20). The zero-order valence-electron chi connectivity index (χ0n) is 12.3. The van der Waals surface area contributed by atoms with E-state index >= 15 is 0 Å². The van der Waals surface area contributed by atoms with Gasteiger partial charge in [0.05, 0.1) is 12.6 Å². The highest BCUT2D eigenvalue weighted by molar-refractivity contribution is 5.95. The van der Waals surface area contributed by atoms with Crippen LogP contribution < -0.4 is 16.0 Å². The highest BCUT2D eigenvalue weighted by Gasteiger charge is 2.29. The monoisotopic (exact) mass is 291 g/mol. The number of carbonyl (C=O) groups is 2. The van der Waals surface area contributed by atoms with Crippen LogP contribution in [0.2, 0.25) is 0 Å². The summed E-state index contributed by atoms with van der Waals surface area (Å²) >= 11 is 0. The van der Waals surface area contributed by atoms with Crippen LogP contribution in [0.25, 0.3) is 0 Å². The number of hydrogen-bond acceptors (Lipinski definition) is 4. The van der Waals surface area contributed by atoms with E-state index in [1.54, 1.807) is 31.2 Å². The van der Waals surface area contributed by atoms with E-state index in [1.807, 2.05) is 0 Å². The van der Waals surface area contributed by atoms with Crippen molar-refractivity contribution in [3.05, 3.63) is 24.3 Å². The van der Waals surface area contributed by atoms with Crippen LogP contribution in [-0.4, -0.2) is 31.2 Å². The number of rotatable bonds is 4. The Hall–Kier alpha value is -2.08. The van der Waals surface area contributed by atoms with Gasteiger partial charge in [0.2, 0.25) is 5.91 Å². The first kappa shape index (κ1) is 15.3. The molecule has 0 aliphatic carbocycles. The van der Waals surface area contributed by atoms with E-state index < -0.39 is 6.09 Å². The van der Waals surface area contributed by atoms with Crippen LogP contribution in [0.3, 0.4) is 0 Å². The second kappa shape index (κ2) is 7.08. The molecule has 0 bridgehead atoms. The van der Waals surface area contributed by atoms with Gasteiger partial charge < -0.3 is 15.4 Å². The van der Waals surface area contributed by atoms with E-state index in [9.17, 15) is 9.59 Å². The summed E-state index contributed by atoms with van der Waals surface area (Å²) in [6.45, 7) is 5.01. The van der Waals surface area contributed by atoms with Crippen LogP contribution in [-0.2, 0) is 9.53 Å². The van der Waals surface area contributed by atoms with Crippen LogP contribution in [0, 0.1) is 5.92 Å². The second-order valence-corrected chi connectivity index (χ2v) is 5.11. The molecule has 1 aromatic carbocycles. The fourth-order valence-electron chi connectivity index (χ4n) is 2.33. The predicted molar refractivity (Wildman–Crippen MR) is 81.3 cm³/mol. The Balaban J connectivity index is 1.90. The van der Waals surface area contributed by atoms with Crippen molar-refractivity contribution in [2.24, 2.45) is 5.92 Å². The largest absolute Gasteiger partial charge is 0.450 e. The molecular formula is C15H21N3O3. The van der Waals surface area contributed by atoms with Gasteiger partial charge in [0.15, 0.2) is 0 Å². The maximum absolute atomic E-state index is 12.1. The molecule has 2 amide bonds.